The number of nitrogens with one attached hydrogen (secondary N) is 2. The predicted octanol–water partition coefficient (Wildman–Crippen LogP) is 4.77. The van der Waals surface area contributed by atoms with Gasteiger partial charge in [-0.15, -0.1) is 0 Å². The van der Waals surface area contributed by atoms with E-state index in [0.29, 0.717) is 13.2 Å². The number of carbonyl (C=O) groups is 2. The SMILES string of the molecule is CC(C)[C@H](NC(=O)[C@@H](NCc1ccccc1)[C@@H]1OC(C)(C)O[C@H]1COCc1ccccc1)C(=O)OCc1ccccc1. The fraction of sp³-hybridized carbons (Fsp3) is 0.412. The van der Waals surface area contributed by atoms with E-state index in [0.717, 1.165) is 16.7 Å². The molecule has 1 aliphatic heterocycles. The molecule has 1 fully saturated rings. The maximum absolute atomic E-state index is 13.9. The van der Waals surface area contributed by atoms with E-state index in [1.807, 2.05) is 119 Å². The molecule has 0 spiro atoms. The summed E-state index contributed by atoms with van der Waals surface area (Å²) in [4.78, 5) is 27.1. The van der Waals surface area contributed by atoms with Crippen molar-refractivity contribution < 1.29 is 28.5 Å². The monoisotopic (exact) mass is 574 g/mol. The highest BCUT2D eigenvalue weighted by molar-refractivity contribution is 5.88. The first-order valence-electron chi connectivity index (χ1n) is 14.5. The largest absolute Gasteiger partial charge is 0.459 e. The summed E-state index contributed by atoms with van der Waals surface area (Å²) in [5.74, 6) is -1.99. The van der Waals surface area contributed by atoms with Gasteiger partial charge in [0.2, 0.25) is 5.91 Å². The first kappa shape index (κ1) is 31.4. The Morgan fingerprint density at radius 1 is 0.810 bits per heavy atom. The minimum atomic E-state index is -0.926. The van der Waals surface area contributed by atoms with Gasteiger partial charge in [-0.2, -0.15) is 0 Å². The van der Waals surface area contributed by atoms with Crippen LogP contribution in [0.2, 0.25) is 0 Å². The van der Waals surface area contributed by atoms with Crippen molar-refractivity contribution in [3.05, 3.63) is 108 Å². The molecule has 4 atom stereocenters. The molecule has 1 amide bonds. The van der Waals surface area contributed by atoms with Crippen molar-refractivity contribution >= 4 is 11.9 Å². The minimum absolute atomic E-state index is 0.128. The van der Waals surface area contributed by atoms with E-state index >= 15 is 0 Å². The highest BCUT2D eigenvalue weighted by Gasteiger charge is 2.48. The number of hydrogen-bond donors (Lipinski definition) is 2. The van der Waals surface area contributed by atoms with Crippen LogP contribution in [-0.4, -0.2) is 48.6 Å². The van der Waals surface area contributed by atoms with E-state index in [2.05, 4.69) is 10.6 Å². The third kappa shape index (κ3) is 9.22. The molecule has 42 heavy (non-hydrogen) atoms. The molecule has 1 aliphatic rings. The van der Waals surface area contributed by atoms with Crippen molar-refractivity contribution in [1.82, 2.24) is 10.6 Å². The molecule has 2 N–H and O–H groups in total. The van der Waals surface area contributed by atoms with Crippen LogP contribution >= 0.6 is 0 Å². The van der Waals surface area contributed by atoms with E-state index in [1.165, 1.54) is 0 Å². The molecule has 0 bridgehead atoms. The fourth-order valence-corrected chi connectivity index (χ4v) is 4.88. The van der Waals surface area contributed by atoms with Crippen LogP contribution in [0.5, 0.6) is 0 Å². The van der Waals surface area contributed by atoms with E-state index < -0.39 is 36.0 Å². The standard InChI is InChI=1S/C34H42N2O6/c1-24(2)29(33(38)40-22-27-18-12-7-13-19-27)36-32(37)30(35-20-25-14-8-5-9-15-25)31-28(41-34(3,4)42-31)23-39-21-26-16-10-6-11-17-26/h5-19,24,28-31,35H,20-23H2,1-4H3,(H,36,37)/t28-,29-,30-,31+/m0/s1. The number of ether oxygens (including phenoxy) is 4. The highest BCUT2D eigenvalue weighted by Crippen LogP contribution is 2.31. The molecular formula is C34H42N2O6. The van der Waals surface area contributed by atoms with Gasteiger partial charge in [0.1, 0.15) is 30.9 Å². The van der Waals surface area contributed by atoms with Gasteiger partial charge in [-0.1, -0.05) is 105 Å². The molecule has 224 valence electrons. The third-order valence-corrected chi connectivity index (χ3v) is 7.04. The summed E-state index contributed by atoms with van der Waals surface area (Å²) in [7, 11) is 0. The molecular weight excluding hydrogens is 532 g/mol. The number of benzene rings is 3. The van der Waals surface area contributed by atoms with Gasteiger partial charge in [-0.05, 0) is 36.5 Å². The summed E-state index contributed by atoms with van der Waals surface area (Å²) in [6.07, 6.45) is -1.20. The van der Waals surface area contributed by atoms with Crippen molar-refractivity contribution in [2.75, 3.05) is 6.61 Å². The van der Waals surface area contributed by atoms with Crippen LogP contribution in [0.3, 0.4) is 0 Å². The molecule has 1 heterocycles. The fourth-order valence-electron chi connectivity index (χ4n) is 4.88. The average molecular weight is 575 g/mol. The minimum Gasteiger partial charge on any atom is -0.459 e. The summed E-state index contributed by atoms with van der Waals surface area (Å²) in [5.41, 5.74) is 2.92. The molecule has 1 saturated heterocycles. The molecule has 0 radical (unpaired) electrons. The van der Waals surface area contributed by atoms with Crippen LogP contribution in [0.25, 0.3) is 0 Å². The van der Waals surface area contributed by atoms with Crippen LogP contribution in [0.15, 0.2) is 91.0 Å². The van der Waals surface area contributed by atoms with Gasteiger partial charge in [0.25, 0.3) is 0 Å². The first-order chi connectivity index (χ1) is 20.2. The van der Waals surface area contributed by atoms with E-state index in [9.17, 15) is 9.59 Å². The van der Waals surface area contributed by atoms with Gasteiger partial charge >= 0.3 is 5.97 Å². The van der Waals surface area contributed by atoms with Crippen molar-refractivity contribution in [2.24, 2.45) is 5.92 Å². The Labute approximate surface area is 248 Å². The summed E-state index contributed by atoms with van der Waals surface area (Å²) >= 11 is 0. The Kier molecular flexibility index (Phi) is 11.3. The topological polar surface area (TPSA) is 95.1 Å². The average Bonchev–Trinajstić information content (AvgIpc) is 3.29. The van der Waals surface area contributed by atoms with Gasteiger partial charge < -0.3 is 24.3 Å². The van der Waals surface area contributed by atoms with Crippen molar-refractivity contribution in [1.29, 1.82) is 0 Å². The Bertz CT molecular complexity index is 1250. The number of rotatable bonds is 14. The molecule has 8 nitrogen and oxygen atoms in total. The summed E-state index contributed by atoms with van der Waals surface area (Å²) in [6.45, 7) is 8.57. The van der Waals surface area contributed by atoms with Crippen LogP contribution in [-0.2, 0) is 48.3 Å². The Hall–Kier alpha value is -3.56. The molecule has 3 aromatic carbocycles. The van der Waals surface area contributed by atoms with Crippen molar-refractivity contribution in [3.63, 3.8) is 0 Å². The zero-order chi connectivity index (χ0) is 30.0. The zero-order valence-electron chi connectivity index (χ0n) is 24.8. The lowest BCUT2D eigenvalue weighted by Gasteiger charge is -2.29. The highest BCUT2D eigenvalue weighted by atomic mass is 16.8. The van der Waals surface area contributed by atoms with E-state index in [1.54, 1.807) is 0 Å². The third-order valence-electron chi connectivity index (χ3n) is 7.04. The Morgan fingerprint density at radius 3 is 1.93 bits per heavy atom. The number of esters is 1. The summed E-state index contributed by atoms with van der Waals surface area (Å²) in [5, 5.41) is 6.31. The molecule has 0 unspecified atom stereocenters. The Morgan fingerprint density at radius 2 is 1.36 bits per heavy atom. The van der Waals surface area contributed by atoms with Gasteiger partial charge in [0.05, 0.1) is 13.2 Å². The lowest BCUT2D eigenvalue weighted by Crippen LogP contribution is -2.58. The van der Waals surface area contributed by atoms with Crippen LogP contribution in [0.4, 0.5) is 0 Å². The number of amides is 1. The van der Waals surface area contributed by atoms with Gasteiger partial charge in [-0.3, -0.25) is 10.1 Å². The second-order valence-electron chi connectivity index (χ2n) is 11.3. The normalized spacial score (nSPS) is 19.3. The lowest BCUT2D eigenvalue weighted by molar-refractivity contribution is -0.156. The van der Waals surface area contributed by atoms with Gasteiger partial charge in [0, 0.05) is 6.54 Å². The summed E-state index contributed by atoms with van der Waals surface area (Å²) < 4.78 is 24.1. The van der Waals surface area contributed by atoms with Crippen LogP contribution in [0, 0.1) is 5.92 Å². The number of hydrogen-bond acceptors (Lipinski definition) is 7. The first-order valence-corrected chi connectivity index (χ1v) is 14.5. The van der Waals surface area contributed by atoms with Gasteiger partial charge in [-0.25, -0.2) is 4.79 Å². The molecule has 0 saturated carbocycles. The summed E-state index contributed by atoms with van der Waals surface area (Å²) in [6, 6.07) is 27.5. The second kappa shape index (κ2) is 15.1. The molecule has 0 aliphatic carbocycles. The molecule has 8 heteroatoms. The van der Waals surface area contributed by atoms with E-state index in [4.69, 9.17) is 18.9 Å². The van der Waals surface area contributed by atoms with E-state index in [-0.39, 0.29) is 25.0 Å². The van der Waals surface area contributed by atoms with Crippen molar-refractivity contribution in [3.8, 4) is 0 Å². The lowest BCUT2D eigenvalue weighted by atomic mass is 10.0. The molecule has 4 rings (SSSR count). The van der Waals surface area contributed by atoms with Crippen LogP contribution in [0.1, 0.15) is 44.4 Å². The number of carbonyl (C=O) groups excluding carboxylic acids is 2. The van der Waals surface area contributed by atoms with Crippen molar-refractivity contribution in [2.45, 2.75) is 77.5 Å². The van der Waals surface area contributed by atoms with Crippen LogP contribution < -0.4 is 10.6 Å². The molecule has 3 aromatic rings. The smallest absolute Gasteiger partial charge is 0.329 e. The van der Waals surface area contributed by atoms with Gasteiger partial charge in [0.15, 0.2) is 5.79 Å². The quantitative estimate of drug-likeness (QED) is 0.268. The predicted molar refractivity (Wildman–Crippen MR) is 160 cm³/mol. The zero-order valence-corrected chi connectivity index (χ0v) is 24.8. The second-order valence-corrected chi connectivity index (χ2v) is 11.3. The Balaban J connectivity index is 1.49. The molecule has 0 aromatic heterocycles. The maximum atomic E-state index is 13.9. The maximum Gasteiger partial charge on any atom is 0.329 e.